The Bertz CT molecular complexity index is 553. The van der Waals surface area contributed by atoms with Crippen LogP contribution in [-0.4, -0.2) is 37.9 Å². The van der Waals surface area contributed by atoms with E-state index in [0.717, 1.165) is 11.1 Å². The molecule has 0 aromatic heterocycles. The number of carbonyl (C=O) groups excluding carboxylic acids is 3. The highest BCUT2D eigenvalue weighted by molar-refractivity contribution is 5.96. The smallest absolute Gasteiger partial charge is 0.408 e. The molecule has 0 aromatic carbocycles. The minimum Gasteiger partial charge on any atom is -0.460 e. The van der Waals surface area contributed by atoms with Gasteiger partial charge in [-0.2, -0.15) is 0 Å². The van der Waals surface area contributed by atoms with Crippen molar-refractivity contribution in [1.82, 2.24) is 10.6 Å². The maximum atomic E-state index is 12.0. The Labute approximate surface area is 142 Å². The zero-order valence-electron chi connectivity index (χ0n) is 14.9. The van der Waals surface area contributed by atoms with E-state index >= 15 is 0 Å². The third kappa shape index (κ3) is 9.45. The maximum Gasteiger partial charge on any atom is 0.408 e. The highest BCUT2D eigenvalue weighted by Crippen LogP contribution is 2.08. The molecular weight excluding hydrogens is 312 g/mol. The molecule has 0 saturated carbocycles. The lowest BCUT2D eigenvalue weighted by molar-refractivity contribution is -0.138. The van der Waals surface area contributed by atoms with Crippen molar-refractivity contribution in [2.45, 2.75) is 34.6 Å². The second-order valence-corrected chi connectivity index (χ2v) is 5.56. The average molecular weight is 338 g/mol. The minimum atomic E-state index is -0.720. The lowest BCUT2D eigenvalue weighted by Crippen LogP contribution is -2.34. The quantitative estimate of drug-likeness (QED) is 0.233. The summed E-state index contributed by atoms with van der Waals surface area (Å²) in [5.74, 6) is -0.842. The summed E-state index contributed by atoms with van der Waals surface area (Å²) in [6.07, 6.45) is 1.04. The van der Waals surface area contributed by atoms with Crippen molar-refractivity contribution in [3.05, 3.63) is 34.9 Å². The number of rotatable bonds is 8. The van der Waals surface area contributed by atoms with Gasteiger partial charge < -0.3 is 20.1 Å². The summed E-state index contributed by atoms with van der Waals surface area (Å²) in [7, 11) is 0. The molecule has 7 heteroatoms. The van der Waals surface area contributed by atoms with Gasteiger partial charge in [-0.25, -0.2) is 9.59 Å². The first kappa shape index (κ1) is 21.4. The molecule has 0 aliphatic rings. The van der Waals surface area contributed by atoms with Crippen LogP contribution in [-0.2, 0) is 19.1 Å². The molecular formula is C17H26N2O5. The van der Waals surface area contributed by atoms with Crippen LogP contribution in [0.4, 0.5) is 4.79 Å². The molecule has 2 N–H and O–H groups in total. The summed E-state index contributed by atoms with van der Waals surface area (Å²) >= 11 is 0. The Kier molecular flexibility index (Phi) is 9.86. The van der Waals surface area contributed by atoms with Crippen molar-refractivity contribution in [2.75, 3.05) is 19.9 Å². The maximum absolute atomic E-state index is 12.0. The van der Waals surface area contributed by atoms with Gasteiger partial charge in [0, 0.05) is 11.1 Å². The first-order chi connectivity index (χ1) is 11.1. The number of carbonyl (C=O) groups is 3. The van der Waals surface area contributed by atoms with Crippen LogP contribution >= 0.6 is 0 Å². The predicted octanol–water partition coefficient (Wildman–Crippen LogP) is 2.21. The van der Waals surface area contributed by atoms with E-state index in [2.05, 4.69) is 17.2 Å². The van der Waals surface area contributed by atoms with Crippen molar-refractivity contribution in [2.24, 2.45) is 0 Å². The molecule has 0 fully saturated rings. The van der Waals surface area contributed by atoms with Crippen LogP contribution in [0.25, 0.3) is 0 Å². The Morgan fingerprint density at radius 2 is 1.62 bits per heavy atom. The summed E-state index contributed by atoms with van der Waals surface area (Å²) in [5.41, 5.74) is 2.67. The molecule has 0 unspecified atom stereocenters. The summed E-state index contributed by atoms with van der Waals surface area (Å²) in [6.45, 7) is 12.2. The van der Waals surface area contributed by atoms with Gasteiger partial charge >= 0.3 is 12.1 Å². The van der Waals surface area contributed by atoms with Crippen LogP contribution in [0, 0.1) is 0 Å². The van der Waals surface area contributed by atoms with E-state index in [-0.39, 0.29) is 31.4 Å². The number of allylic oxidation sites excluding steroid dienone is 2. The van der Waals surface area contributed by atoms with Gasteiger partial charge in [-0.3, -0.25) is 4.79 Å². The predicted molar refractivity (Wildman–Crippen MR) is 91.1 cm³/mol. The van der Waals surface area contributed by atoms with Crippen molar-refractivity contribution in [1.29, 1.82) is 0 Å². The summed E-state index contributed by atoms with van der Waals surface area (Å²) in [6, 6.07) is 0. The van der Waals surface area contributed by atoms with Crippen molar-refractivity contribution in [3.8, 4) is 0 Å². The second kappa shape index (κ2) is 11.0. The first-order valence-corrected chi connectivity index (χ1v) is 7.49. The molecule has 0 rings (SSSR count). The number of hydrogen-bond donors (Lipinski definition) is 2. The lowest BCUT2D eigenvalue weighted by Gasteiger charge is -2.10. The molecule has 0 aliphatic carbocycles. The van der Waals surface area contributed by atoms with Crippen molar-refractivity contribution < 1.29 is 23.9 Å². The SMILES string of the molecule is C=C(C)C(=O)OCCNC(=O)OCNC(=O)C(C=C(C)C)=C(C)C. The van der Waals surface area contributed by atoms with E-state index < -0.39 is 12.1 Å². The lowest BCUT2D eigenvalue weighted by atomic mass is 10.1. The van der Waals surface area contributed by atoms with Crippen LogP contribution in [0.5, 0.6) is 0 Å². The van der Waals surface area contributed by atoms with Crippen molar-refractivity contribution >= 4 is 18.0 Å². The van der Waals surface area contributed by atoms with Gasteiger partial charge in [0.15, 0.2) is 6.73 Å². The second-order valence-electron chi connectivity index (χ2n) is 5.56. The van der Waals surface area contributed by atoms with E-state index in [1.54, 1.807) is 6.08 Å². The van der Waals surface area contributed by atoms with Crippen LogP contribution in [0.2, 0.25) is 0 Å². The van der Waals surface area contributed by atoms with Crippen LogP contribution < -0.4 is 10.6 Å². The molecule has 0 bridgehead atoms. The van der Waals surface area contributed by atoms with E-state index in [9.17, 15) is 14.4 Å². The zero-order chi connectivity index (χ0) is 18.7. The van der Waals surface area contributed by atoms with Gasteiger partial charge in [-0.05, 0) is 34.6 Å². The molecule has 2 amide bonds. The Balaban J connectivity index is 4.10. The van der Waals surface area contributed by atoms with Gasteiger partial charge in [-0.1, -0.05) is 23.8 Å². The third-order valence-corrected chi connectivity index (χ3v) is 2.61. The van der Waals surface area contributed by atoms with E-state index in [1.165, 1.54) is 6.92 Å². The molecule has 24 heavy (non-hydrogen) atoms. The average Bonchev–Trinajstić information content (AvgIpc) is 2.48. The fourth-order valence-corrected chi connectivity index (χ4v) is 1.46. The summed E-state index contributed by atoms with van der Waals surface area (Å²) in [4.78, 5) is 34.5. The van der Waals surface area contributed by atoms with Crippen molar-refractivity contribution in [3.63, 3.8) is 0 Å². The number of nitrogens with one attached hydrogen (secondary N) is 2. The monoisotopic (exact) mass is 338 g/mol. The molecule has 0 atom stereocenters. The number of ether oxygens (including phenoxy) is 2. The van der Waals surface area contributed by atoms with E-state index in [4.69, 9.17) is 9.47 Å². The molecule has 0 aliphatic heterocycles. The van der Waals surface area contributed by atoms with Gasteiger partial charge in [-0.15, -0.1) is 0 Å². The summed E-state index contributed by atoms with van der Waals surface area (Å²) < 4.78 is 9.62. The molecule has 0 radical (unpaired) electrons. The number of amides is 2. The van der Waals surface area contributed by atoms with E-state index in [1.807, 2.05) is 27.7 Å². The highest BCUT2D eigenvalue weighted by Gasteiger charge is 2.09. The zero-order valence-corrected chi connectivity index (χ0v) is 14.9. The number of esters is 1. The minimum absolute atomic E-state index is 0.00956. The molecule has 0 heterocycles. The Morgan fingerprint density at radius 3 is 2.12 bits per heavy atom. The molecule has 0 saturated heterocycles. The van der Waals surface area contributed by atoms with Gasteiger partial charge in [0.25, 0.3) is 5.91 Å². The molecule has 0 aromatic rings. The van der Waals surface area contributed by atoms with Crippen LogP contribution in [0.3, 0.4) is 0 Å². The molecule has 0 spiro atoms. The number of hydrogen-bond acceptors (Lipinski definition) is 5. The normalized spacial score (nSPS) is 9.38. The molecule has 7 nitrogen and oxygen atoms in total. The van der Waals surface area contributed by atoms with Gasteiger partial charge in [0.2, 0.25) is 0 Å². The Morgan fingerprint density at radius 1 is 1.00 bits per heavy atom. The number of alkyl carbamates (subject to hydrolysis) is 1. The topological polar surface area (TPSA) is 93.7 Å². The van der Waals surface area contributed by atoms with Crippen LogP contribution in [0.15, 0.2) is 34.9 Å². The fourth-order valence-electron chi connectivity index (χ4n) is 1.46. The van der Waals surface area contributed by atoms with Crippen LogP contribution in [0.1, 0.15) is 34.6 Å². The largest absolute Gasteiger partial charge is 0.460 e. The standard InChI is InChI=1S/C17H26N2O5/c1-11(2)9-14(12(3)4)15(20)19-10-24-17(22)18-7-8-23-16(21)13(5)6/h9H,5,7-8,10H2,1-4,6H3,(H,18,22)(H,19,20). The Hall–Kier alpha value is -2.57. The summed E-state index contributed by atoms with van der Waals surface area (Å²) in [5, 5.41) is 4.89. The fraction of sp³-hybridized carbons (Fsp3) is 0.471. The highest BCUT2D eigenvalue weighted by atomic mass is 16.6. The van der Waals surface area contributed by atoms with Gasteiger partial charge in [0.05, 0.1) is 6.54 Å². The van der Waals surface area contributed by atoms with E-state index in [0.29, 0.717) is 5.57 Å². The molecule has 134 valence electrons. The third-order valence-electron chi connectivity index (χ3n) is 2.61. The first-order valence-electron chi connectivity index (χ1n) is 7.49. The van der Waals surface area contributed by atoms with Gasteiger partial charge in [0.1, 0.15) is 6.61 Å².